The van der Waals surface area contributed by atoms with Crippen LogP contribution in [-0.4, -0.2) is 55.5 Å². The Labute approximate surface area is 125 Å². The molecule has 2 amide bonds. The average molecular weight is 315 g/mol. The minimum absolute atomic E-state index is 0.0997. The van der Waals surface area contributed by atoms with Crippen LogP contribution < -0.4 is 5.32 Å². The normalized spacial score (nSPS) is 10.2. The molecule has 0 aliphatic carbocycles. The third-order valence-electron chi connectivity index (χ3n) is 2.56. The van der Waals surface area contributed by atoms with E-state index in [0.717, 1.165) is 11.3 Å². The molecule has 0 bridgehead atoms. The van der Waals surface area contributed by atoms with Gasteiger partial charge in [0.1, 0.15) is 0 Å². The zero-order valence-corrected chi connectivity index (χ0v) is 12.6. The predicted molar refractivity (Wildman–Crippen MR) is 77.4 cm³/mol. The van der Waals surface area contributed by atoms with Gasteiger partial charge in [0.25, 0.3) is 5.91 Å². The number of rotatable bonds is 8. The molecule has 0 fully saturated rings. The molecule has 8 nitrogen and oxygen atoms in total. The first-order valence-electron chi connectivity index (χ1n) is 6.21. The molecule has 0 aromatic carbocycles. The molecule has 0 saturated heterocycles. The monoisotopic (exact) mass is 315 g/mol. The highest BCUT2D eigenvalue weighted by Crippen LogP contribution is 2.24. The minimum atomic E-state index is -0.552. The van der Waals surface area contributed by atoms with Crippen molar-refractivity contribution in [3.8, 4) is 0 Å². The summed E-state index contributed by atoms with van der Waals surface area (Å²) < 4.78 is 4.85. The predicted octanol–water partition coefficient (Wildman–Crippen LogP) is 0.881. The van der Waals surface area contributed by atoms with Crippen molar-refractivity contribution in [3.63, 3.8) is 0 Å². The first kappa shape index (κ1) is 17.1. The maximum atomic E-state index is 12.0. The number of ether oxygens (including phenoxy) is 1. The van der Waals surface area contributed by atoms with Crippen molar-refractivity contribution in [2.24, 2.45) is 0 Å². The Kier molecular flexibility index (Phi) is 6.76. The highest BCUT2D eigenvalue weighted by atomic mass is 32.1. The molecule has 1 rings (SSSR count). The molecule has 0 saturated carbocycles. The van der Waals surface area contributed by atoms with Crippen molar-refractivity contribution >= 4 is 28.2 Å². The molecule has 1 N–H and O–H groups in total. The fraction of sp³-hybridized carbons (Fsp3) is 0.500. The lowest BCUT2D eigenvalue weighted by Crippen LogP contribution is -2.38. The molecule has 1 aromatic rings. The molecule has 0 aliphatic heterocycles. The number of carbonyl (C=O) groups excluding carboxylic acids is 2. The maximum absolute atomic E-state index is 12.0. The highest BCUT2D eigenvalue weighted by Gasteiger charge is 2.19. The Morgan fingerprint density at radius 2 is 2.19 bits per heavy atom. The van der Waals surface area contributed by atoms with Crippen LogP contribution in [0.2, 0.25) is 0 Å². The summed E-state index contributed by atoms with van der Waals surface area (Å²) in [5.74, 6) is -0.701. The van der Waals surface area contributed by atoms with Crippen LogP contribution in [0.1, 0.15) is 16.1 Å². The van der Waals surface area contributed by atoms with Crippen molar-refractivity contribution in [2.45, 2.75) is 6.42 Å². The van der Waals surface area contributed by atoms with Crippen molar-refractivity contribution < 1.29 is 19.2 Å². The molecule has 0 spiro atoms. The van der Waals surface area contributed by atoms with Crippen LogP contribution in [-0.2, 0) is 9.53 Å². The summed E-state index contributed by atoms with van der Waals surface area (Å²) in [6.45, 7) is 0.921. The van der Waals surface area contributed by atoms with Crippen molar-refractivity contribution in [1.29, 1.82) is 0 Å². The number of amides is 2. The summed E-state index contributed by atoms with van der Waals surface area (Å²) in [6.07, 6.45) is 0.691. The molecule has 1 heterocycles. The number of nitrogens with zero attached hydrogens (tertiary/aromatic N) is 2. The van der Waals surface area contributed by atoms with Crippen LogP contribution in [0.4, 0.5) is 5.00 Å². The zero-order chi connectivity index (χ0) is 15.8. The van der Waals surface area contributed by atoms with Crippen molar-refractivity contribution in [3.05, 3.63) is 27.1 Å². The standard InChI is InChI=1S/C12H17N3O5S/c1-14(8-10(16)13-6-3-7-20-2)12(17)9-4-5-11(21-9)15(18)19/h4-5H,3,6-8H2,1-2H3,(H,13,16). The molecule has 9 heteroatoms. The van der Waals surface area contributed by atoms with E-state index in [9.17, 15) is 19.7 Å². The fourth-order valence-corrected chi connectivity index (χ4v) is 2.33. The van der Waals surface area contributed by atoms with E-state index < -0.39 is 10.8 Å². The lowest BCUT2D eigenvalue weighted by molar-refractivity contribution is -0.380. The van der Waals surface area contributed by atoms with E-state index >= 15 is 0 Å². The van der Waals surface area contributed by atoms with Gasteiger partial charge < -0.3 is 15.0 Å². The van der Waals surface area contributed by atoms with Gasteiger partial charge in [-0.2, -0.15) is 0 Å². The van der Waals surface area contributed by atoms with Crippen LogP contribution >= 0.6 is 11.3 Å². The van der Waals surface area contributed by atoms with Gasteiger partial charge in [-0.15, -0.1) is 0 Å². The van der Waals surface area contributed by atoms with E-state index in [2.05, 4.69) is 5.32 Å². The highest BCUT2D eigenvalue weighted by molar-refractivity contribution is 7.17. The van der Waals surface area contributed by atoms with Gasteiger partial charge in [0.15, 0.2) is 0 Å². The molecule has 0 atom stereocenters. The van der Waals surface area contributed by atoms with Gasteiger partial charge in [-0.05, 0) is 12.5 Å². The lowest BCUT2D eigenvalue weighted by atomic mass is 10.4. The van der Waals surface area contributed by atoms with E-state index in [4.69, 9.17) is 4.74 Å². The second-order valence-corrected chi connectivity index (χ2v) is 5.31. The van der Waals surface area contributed by atoms with E-state index in [1.807, 2.05) is 0 Å². The summed E-state index contributed by atoms with van der Waals surface area (Å²) in [4.78, 5) is 35.1. The molecule has 0 radical (unpaired) electrons. The topological polar surface area (TPSA) is 102 Å². The van der Waals surface area contributed by atoms with E-state index in [-0.39, 0.29) is 22.3 Å². The molecule has 21 heavy (non-hydrogen) atoms. The lowest BCUT2D eigenvalue weighted by Gasteiger charge is -2.15. The summed E-state index contributed by atoms with van der Waals surface area (Å²) in [6, 6.07) is 2.66. The number of hydrogen-bond donors (Lipinski definition) is 1. The number of thiophene rings is 1. The van der Waals surface area contributed by atoms with Gasteiger partial charge in [-0.25, -0.2) is 0 Å². The molecular weight excluding hydrogens is 298 g/mol. The van der Waals surface area contributed by atoms with Crippen LogP contribution in [0.25, 0.3) is 0 Å². The second-order valence-electron chi connectivity index (χ2n) is 4.25. The first-order valence-corrected chi connectivity index (χ1v) is 7.02. The smallest absolute Gasteiger partial charge is 0.324 e. The fourth-order valence-electron chi connectivity index (χ4n) is 1.52. The molecule has 0 aliphatic rings. The number of nitro groups is 1. The minimum Gasteiger partial charge on any atom is -0.385 e. The third-order valence-corrected chi connectivity index (χ3v) is 3.58. The second kappa shape index (κ2) is 8.32. The first-order chi connectivity index (χ1) is 9.95. The number of carbonyl (C=O) groups is 2. The van der Waals surface area contributed by atoms with E-state index in [0.29, 0.717) is 19.6 Å². The maximum Gasteiger partial charge on any atom is 0.324 e. The number of nitrogens with one attached hydrogen (secondary N) is 1. The Morgan fingerprint density at radius 1 is 1.48 bits per heavy atom. The molecule has 1 aromatic heterocycles. The van der Waals surface area contributed by atoms with E-state index in [1.165, 1.54) is 24.1 Å². The average Bonchev–Trinajstić information content (AvgIpc) is 2.92. The van der Waals surface area contributed by atoms with Gasteiger partial charge in [0, 0.05) is 33.4 Å². The summed E-state index contributed by atoms with van der Waals surface area (Å²) >= 11 is 0.790. The molecular formula is C12H17N3O5S. The number of hydrogen-bond acceptors (Lipinski definition) is 6. The van der Waals surface area contributed by atoms with Crippen LogP contribution in [0.5, 0.6) is 0 Å². The Hall–Kier alpha value is -2.00. The summed E-state index contributed by atoms with van der Waals surface area (Å²) in [5, 5.41) is 13.1. The van der Waals surface area contributed by atoms with Gasteiger partial charge in [-0.3, -0.25) is 19.7 Å². The van der Waals surface area contributed by atoms with Crippen molar-refractivity contribution in [2.75, 3.05) is 33.9 Å². The summed E-state index contributed by atoms with van der Waals surface area (Å²) in [5.41, 5.74) is 0. The largest absolute Gasteiger partial charge is 0.385 e. The third kappa shape index (κ3) is 5.48. The summed E-state index contributed by atoms with van der Waals surface area (Å²) in [7, 11) is 3.05. The molecule has 0 unspecified atom stereocenters. The van der Waals surface area contributed by atoms with Crippen LogP contribution in [0.15, 0.2) is 12.1 Å². The number of likely N-dealkylation sites (N-methyl/N-ethyl adjacent to an activating group) is 1. The van der Waals surface area contributed by atoms with E-state index in [1.54, 1.807) is 7.11 Å². The Morgan fingerprint density at radius 3 is 2.76 bits per heavy atom. The van der Waals surface area contributed by atoms with Gasteiger partial charge in [0.05, 0.1) is 16.3 Å². The van der Waals surface area contributed by atoms with Crippen LogP contribution in [0.3, 0.4) is 0 Å². The van der Waals surface area contributed by atoms with Gasteiger partial charge in [0.2, 0.25) is 5.91 Å². The zero-order valence-electron chi connectivity index (χ0n) is 11.8. The molecule has 116 valence electrons. The van der Waals surface area contributed by atoms with Gasteiger partial charge in [-0.1, -0.05) is 11.3 Å². The number of methoxy groups -OCH3 is 1. The van der Waals surface area contributed by atoms with Crippen LogP contribution in [0, 0.1) is 10.1 Å². The Bertz CT molecular complexity index is 517. The van der Waals surface area contributed by atoms with Crippen molar-refractivity contribution in [1.82, 2.24) is 10.2 Å². The SMILES string of the molecule is COCCCNC(=O)CN(C)C(=O)c1ccc([N+](=O)[O-])s1. The Balaban J connectivity index is 2.46. The quantitative estimate of drug-likeness (QED) is 0.436. The van der Waals surface area contributed by atoms with Gasteiger partial charge >= 0.3 is 5.00 Å².